The van der Waals surface area contributed by atoms with E-state index in [0.29, 0.717) is 11.2 Å². The third-order valence-electron chi connectivity index (χ3n) is 4.08. The number of thiocarbonyl (C=S) groups is 1. The Morgan fingerprint density at radius 1 is 1.17 bits per heavy atom. The number of nitrogens with one attached hydrogen (secondary N) is 3. The maximum absolute atomic E-state index is 6.15. The lowest BCUT2D eigenvalue weighted by Gasteiger charge is -2.23. The van der Waals surface area contributed by atoms with Crippen molar-refractivity contribution < 1.29 is 4.90 Å². The summed E-state index contributed by atoms with van der Waals surface area (Å²) in [7, 11) is 4.34. The van der Waals surface area contributed by atoms with Crippen LogP contribution >= 0.6 is 23.8 Å². The Labute approximate surface area is 155 Å². The highest BCUT2D eigenvalue weighted by molar-refractivity contribution is 7.80. The summed E-state index contributed by atoms with van der Waals surface area (Å²) in [5.41, 5.74) is 3.30. The van der Waals surface area contributed by atoms with Crippen molar-refractivity contribution in [1.29, 1.82) is 0 Å². The van der Waals surface area contributed by atoms with Gasteiger partial charge in [-0.15, -0.1) is 0 Å². The summed E-state index contributed by atoms with van der Waals surface area (Å²) in [6.45, 7) is 2.79. The largest absolute Gasteiger partial charge is 0.356 e. The van der Waals surface area contributed by atoms with E-state index in [9.17, 15) is 0 Å². The van der Waals surface area contributed by atoms with Crippen LogP contribution in [0.25, 0.3) is 0 Å². The lowest BCUT2D eigenvalue weighted by atomic mass is 10.1. The third-order valence-corrected chi connectivity index (χ3v) is 4.73. The van der Waals surface area contributed by atoms with Gasteiger partial charge >= 0.3 is 0 Å². The van der Waals surface area contributed by atoms with Crippen LogP contribution in [0, 0.1) is 6.92 Å². The Morgan fingerprint density at radius 2 is 1.88 bits per heavy atom. The number of rotatable bonds is 6. The predicted molar refractivity (Wildman–Crippen MR) is 107 cm³/mol. The minimum absolute atomic E-state index is 0.439. The fraction of sp³-hybridized carbons (Fsp3) is 0.316. The number of hydrogen-bond donors (Lipinski definition) is 3. The second-order valence-electron chi connectivity index (χ2n) is 6.26. The molecule has 0 bridgehead atoms. The standard InChI is InChI=1S/C19H24ClN3S/c1-14-9-10-16(12-18(14)20)22-19(24)21-13-17(23(2)3)11-15-7-5-4-6-8-15/h4-10,12,17H,11,13H2,1-3H3,(H2,21,22,24)/p+1/t17-/m0/s1. The molecule has 0 aromatic heterocycles. The molecule has 0 saturated heterocycles. The first kappa shape index (κ1) is 18.7. The van der Waals surface area contributed by atoms with Gasteiger partial charge < -0.3 is 15.5 Å². The minimum atomic E-state index is 0.439. The maximum Gasteiger partial charge on any atom is 0.170 e. The molecule has 2 aromatic rings. The highest BCUT2D eigenvalue weighted by Gasteiger charge is 2.16. The van der Waals surface area contributed by atoms with Gasteiger partial charge in [-0.05, 0) is 42.4 Å². The summed E-state index contributed by atoms with van der Waals surface area (Å²) in [5, 5.41) is 7.88. The minimum Gasteiger partial charge on any atom is -0.356 e. The Balaban J connectivity index is 1.89. The van der Waals surface area contributed by atoms with Gasteiger partial charge in [-0.2, -0.15) is 0 Å². The van der Waals surface area contributed by atoms with Crippen LogP contribution in [0.2, 0.25) is 5.02 Å². The molecule has 0 aliphatic rings. The smallest absolute Gasteiger partial charge is 0.170 e. The number of likely N-dealkylation sites (N-methyl/N-ethyl adjacent to an activating group) is 1. The fourth-order valence-corrected chi connectivity index (χ4v) is 2.82. The summed E-state index contributed by atoms with van der Waals surface area (Å²) in [5.74, 6) is 0. The highest BCUT2D eigenvalue weighted by atomic mass is 35.5. The summed E-state index contributed by atoms with van der Waals surface area (Å²) < 4.78 is 0. The van der Waals surface area contributed by atoms with E-state index in [2.05, 4.69) is 49.0 Å². The Hall–Kier alpha value is -1.62. The molecule has 1 atom stereocenters. The molecule has 0 amide bonds. The SMILES string of the molecule is Cc1ccc(NC(=S)NC[C@H](Cc2ccccc2)[NH+](C)C)cc1Cl. The van der Waals surface area contributed by atoms with E-state index < -0.39 is 0 Å². The first-order chi connectivity index (χ1) is 11.5. The average molecular weight is 363 g/mol. The van der Waals surface area contributed by atoms with Crippen LogP contribution in [0.5, 0.6) is 0 Å². The van der Waals surface area contributed by atoms with E-state index in [4.69, 9.17) is 23.8 Å². The predicted octanol–water partition coefficient (Wildman–Crippen LogP) is 2.69. The Bertz CT molecular complexity index is 674. The molecule has 2 aromatic carbocycles. The van der Waals surface area contributed by atoms with Crippen LogP contribution in [0.15, 0.2) is 48.5 Å². The second kappa shape index (κ2) is 9.02. The number of halogens is 1. The molecule has 0 fully saturated rings. The first-order valence-electron chi connectivity index (χ1n) is 8.10. The van der Waals surface area contributed by atoms with E-state index in [0.717, 1.165) is 29.2 Å². The molecule has 3 N–H and O–H groups in total. The van der Waals surface area contributed by atoms with Crippen molar-refractivity contribution in [3.63, 3.8) is 0 Å². The third kappa shape index (κ3) is 5.78. The first-order valence-corrected chi connectivity index (χ1v) is 8.89. The molecule has 5 heteroatoms. The molecule has 0 saturated carbocycles. The number of hydrogen-bond acceptors (Lipinski definition) is 1. The van der Waals surface area contributed by atoms with E-state index in [1.165, 1.54) is 10.5 Å². The zero-order chi connectivity index (χ0) is 17.5. The molecule has 128 valence electrons. The summed E-state index contributed by atoms with van der Waals surface area (Å²) in [6.07, 6.45) is 1.01. The zero-order valence-corrected chi connectivity index (χ0v) is 16.0. The van der Waals surface area contributed by atoms with Crippen LogP contribution in [-0.4, -0.2) is 31.8 Å². The van der Waals surface area contributed by atoms with E-state index in [1.807, 2.05) is 31.2 Å². The van der Waals surface area contributed by atoms with Crippen molar-refractivity contribution in [3.8, 4) is 0 Å². The van der Waals surface area contributed by atoms with Gasteiger partial charge in [0.1, 0.15) is 6.04 Å². The molecule has 0 spiro atoms. The van der Waals surface area contributed by atoms with Gasteiger partial charge in [0.25, 0.3) is 0 Å². The number of aryl methyl sites for hydroxylation is 1. The van der Waals surface area contributed by atoms with Crippen molar-refractivity contribution in [2.45, 2.75) is 19.4 Å². The molecular weight excluding hydrogens is 338 g/mol. The van der Waals surface area contributed by atoms with Gasteiger partial charge in [0.2, 0.25) is 0 Å². The van der Waals surface area contributed by atoms with Crippen molar-refractivity contribution in [2.24, 2.45) is 0 Å². The fourth-order valence-electron chi connectivity index (χ4n) is 2.44. The number of anilines is 1. The molecule has 3 nitrogen and oxygen atoms in total. The van der Waals surface area contributed by atoms with Gasteiger partial charge in [-0.1, -0.05) is 48.0 Å². The van der Waals surface area contributed by atoms with E-state index in [1.54, 1.807) is 0 Å². The van der Waals surface area contributed by atoms with Crippen LogP contribution in [0.4, 0.5) is 5.69 Å². The molecule has 24 heavy (non-hydrogen) atoms. The van der Waals surface area contributed by atoms with E-state index >= 15 is 0 Å². The topological polar surface area (TPSA) is 28.5 Å². The lowest BCUT2D eigenvalue weighted by Crippen LogP contribution is -3.11. The summed E-state index contributed by atoms with van der Waals surface area (Å²) in [6, 6.07) is 16.8. The van der Waals surface area contributed by atoms with Crippen molar-refractivity contribution >= 4 is 34.6 Å². The highest BCUT2D eigenvalue weighted by Crippen LogP contribution is 2.19. The normalized spacial score (nSPS) is 12.0. The average Bonchev–Trinajstić information content (AvgIpc) is 2.55. The monoisotopic (exact) mass is 362 g/mol. The summed E-state index contributed by atoms with van der Waals surface area (Å²) >= 11 is 11.6. The summed E-state index contributed by atoms with van der Waals surface area (Å²) in [4.78, 5) is 1.40. The van der Waals surface area contributed by atoms with Gasteiger partial charge in [0.05, 0.1) is 20.6 Å². The Kier molecular flexibility index (Phi) is 7.03. The molecular formula is C19H25ClN3S+. The molecule has 0 unspecified atom stereocenters. The van der Waals surface area contributed by atoms with Crippen LogP contribution in [-0.2, 0) is 6.42 Å². The van der Waals surface area contributed by atoms with Gasteiger partial charge in [0, 0.05) is 17.1 Å². The molecule has 0 heterocycles. The number of quaternary nitrogens is 1. The van der Waals surface area contributed by atoms with Crippen LogP contribution in [0.3, 0.4) is 0 Å². The zero-order valence-electron chi connectivity index (χ0n) is 14.4. The van der Waals surface area contributed by atoms with Gasteiger partial charge in [-0.25, -0.2) is 0 Å². The maximum atomic E-state index is 6.15. The quantitative estimate of drug-likeness (QED) is 0.690. The van der Waals surface area contributed by atoms with Gasteiger partial charge in [0.15, 0.2) is 5.11 Å². The number of benzene rings is 2. The molecule has 2 rings (SSSR count). The van der Waals surface area contributed by atoms with E-state index in [-0.39, 0.29) is 0 Å². The second-order valence-corrected chi connectivity index (χ2v) is 7.08. The van der Waals surface area contributed by atoms with Crippen LogP contribution < -0.4 is 15.5 Å². The van der Waals surface area contributed by atoms with Crippen molar-refractivity contribution in [3.05, 3.63) is 64.7 Å². The molecule has 0 radical (unpaired) electrons. The lowest BCUT2D eigenvalue weighted by molar-refractivity contribution is -0.884. The van der Waals surface area contributed by atoms with Crippen molar-refractivity contribution in [2.75, 3.05) is 26.0 Å². The van der Waals surface area contributed by atoms with Crippen LogP contribution in [0.1, 0.15) is 11.1 Å². The molecule has 0 aliphatic carbocycles. The molecule has 0 aliphatic heterocycles. The Morgan fingerprint density at radius 3 is 2.50 bits per heavy atom. The van der Waals surface area contributed by atoms with Gasteiger partial charge in [-0.3, -0.25) is 0 Å². The van der Waals surface area contributed by atoms with Crippen molar-refractivity contribution in [1.82, 2.24) is 5.32 Å².